The molecular formula is C17H18F2N2O3. The van der Waals surface area contributed by atoms with Gasteiger partial charge in [-0.1, -0.05) is 19.0 Å². The van der Waals surface area contributed by atoms with Crippen molar-refractivity contribution in [1.82, 2.24) is 10.1 Å². The van der Waals surface area contributed by atoms with E-state index in [4.69, 9.17) is 9.26 Å². The predicted molar refractivity (Wildman–Crippen MR) is 82.2 cm³/mol. The van der Waals surface area contributed by atoms with E-state index in [2.05, 4.69) is 5.16 Å². The molecule has 0 bridgehead atoms. The standard InChI is InChI=1S/C17H18F2N2O3/c1-10(2)9-23-17(22)21-6-5-15-12(8-21)16(20-24-15)11-3-4-13(18)14(19)7-11/h3-4,7,10H,5-6,8-9H2,1-2H3. The molecule has 3 rings (SSSR count). The lowest BCUT2D eigenvalue weighted by Crippen LogP contribution is -2.36. The number of rotatable bonds is 3. The lowest BCUT2D eigenvalue weighted by atomic mass is 10.0. The Morgan fingerprint density at radius 1 is 1.38 bits per heavy atom. The Hall–Kier alpha value is -2.44. The molecule has 0 aliphatic carbocycles. The first-order valence-electron chi connectivity index (χ1n) is 7.80. The first-order valence-corrected chi connectivity index (χ1v) is 7.80. The van der Waals surface area contributed by atoms with Crippen LogP contribution in [-0.2, 0) is 17.7 Å². The third kappa shape index (κ3) is 3.25. The second kappa shape index (κ2) is 6.59. The number of fused-ring (bicyclic) bond motifs is 1. The summed E-state index contributed by atoms with van der Waals surface area (Å²) in [6.45, 7) is 5.01. The Kier molecular flexibility index (Phi) is 4.51. The van der Waals surface area contributed by atoms with E-state index in [0.717, 1.165) is 12.1 Å². The third-order valence-corrected chi connectivity index (χ3v) is 3.82. The Balaban J connectivity index is 1.82. The van der Waals surface area contributed by atoms with Crippen LogP contribution in [0.15, 0.2) is 22.7 Å². The van der Waals surface area contributed by atoms with Gasteiger partial charge in [0.25, 0.3) is 0 Å². The zero-order valence-corrected chi connectivity index (χ0v) is 13.5. The van der Waals surface area contributed by atoms with Crippen molar-refractivity contribution in [2.24, 2.45) is 5.92 Å². The van der Waals surface area contributed by atoms with Crippen LogP contribution in [0.1, 0.15) is 25.2 Å². The van der Waals surface area contributed by atoms with Crippen molar-refractivity contribution in [3.05, 3.63) is 41.2 Å². The molecule has 2 aromatic rings. The highest BCUT2D eigenvalue weighted by Crippen LogP contribution is 2.31. The van der Waals surface area contributed by atoms with E-state index in [1.165, 1.54) is 6.07 Å². The summed E-state index contributed by atoms with van der Waals surface area (Å²) in [6, 6.07) is 3.55. The SMILES string of the molecule is CC(C)COC(=O)N1CCc2onc(-c3ccc(F)c(F)c3)c2C1. The third-order valence-electron chi connectivity index (χ3n) is 3.82. The molecule has 1 aromatic heterocycles. The Labute approximate surface area is 138 Å². The van der Waals surface area contributed by atoms with Crippen LogP contribution < -0.4 is 0 Å². The van der Waals surface area contributed by atoms with Crippen LogP contribution >= 0.6 is 0 Å². The number of benzene rings is 1. The number of hydrogen-bond donors (Lipinski definition) is 0. The van der Waals surface area contributed by atoms with Crippen LogP contribution in [0, 0.1) is 17.6 Å². The van der Waals surface area contributed by atoms with Crippen LogP contribution in [0.5, 0.6) is 0 Å². The highest BCUT2D eigenvalue weighted by Gasteiger charge is 2.28. The quantitative estimate of drug-likeness (QED) is 0.856. The molecule has 5 nitrogen and oxygen atoms in total. The van der Waals surface area contributed by atoms with Crippen molar-refractivity contribution in [3.63, 3.8) is 0 Å². The molecule has 0 spiro atoms. The van der Waals surface area contributed by atoms with Crippen LogP contribution in [0.4, 0.5) is 13.6 Å². The Bertz CT molecular complexity index is 758. The molecule has 0 saturated carbocycles. The van der Waals surface area contributed by atoms with Gasteiger partial charge in [-0.2, -0.15) is 0 Å². The minimum absolute atomic E-state index is 0.252. The molecule has 24 heavy (non-hydrogen) atoms. The van der Waals surface area contributed by atoms with E-state index >= 15 is 0 Å². The minimum atomic E-state index is -0.951. The van der Waals surface area contributed by atoms with Crippen molar-refractivity contribution in [3.8, 4) is 11.3 Å². The van der Waals surface area contributed by atoms with E-state index in [1.807, 2.05) is 13.8 Å². The summed E-state index contributed by atoms with van der Waals surface area (Å²) < 4.78 is 37.1. The molecule has 0 saturated heterocycles. The molecule has 2 heterocycles. The van der Waals surface area contributed by atoms with Gasteiger partial charge >= 0.3 is 6.09 Å². The fourth-order valence-corrected chi connectivity index (χ4v) is 2.56. The minimum Gasteiger partial charge on any atom is -0.449 e. The van der Waals surface area contributed by atoms with Gasteiger partial charge in [0.2, 0.25) is 0 Å². The molecule has 0 atom stereocenters. The van der Waals surface area contributed by atoms with Crippen molar-refractivity contribution < 1.29 is 22.8 Å². The van der Waals surface area contributed by atoms with E-state index in [0.29, 0.717) is 42.2 Å². The molecule has 128 valence electrons. The summed E-state index contributed by atoms with van der Waals surface area (Å²) >= 11 is 0. The van der Waals surface area contributed by atoms with Gasteiger partial charge in [0.05, 0.1) is 13.2 Å². The summed E-state index contributed by atoms with van der Waals surface area (Å²) in [5, 5.41) is 3.96. The van der Waals surface area contributed by atoms with Gasteiger partial charge < -0.3 is 14.2 Å². The first-order chi connectivity index (χ1) is 11.5. The number of aromatic nitrogens is 1. The molecule has 1 aromatic carbocycles. The van der Waals surface area contributed by atoms with Crippen molar-refractivity contribution >= 4 is 6.09 Å². The Morgan fingerprint density at radius 2 is 2.17 bits per heavy atom. The van der Waals surface area contributed by atoms with Gasteiger partial charge in [0, 0.05) is 24.1 Å². The van der Waals surface area contributed by atoms with Gasteiger partial charge in [-0.3, -0.25) is 0 Å². The molecule has 1 aliphatic heterocycles. The Morgan fingerprint density at radius 3 is 2.88 bits per heavy atom. The molecule has 1 amide bonds. The first kappa shape index (κ1) is 16.4. The molecule has 1 aliphatic rings. The summed E-state index contributed by atoms with van der Waals surface area (Å²) in [4.78, 5) is 13.7. The summed E-state index contributed by atoms with van der Waals surface area (Å²) in [7, 11) is 0. The van der Waals surface area contributed by atoms with Crippen LogP contribution in [0.25, 0.3) is 11.3 Å². The van der Waals surface area contributed by atoms with Crippen LogP contribution in [-0.4, -0.2) is 29.3 Å². The number of hydrogen-bond acceptors (Lipinski definition) is 4. The molecule has 0 radical (unpaired) electrons. The van der Waals surface area contributed by atoms with Gasteiger partial charge in [0.15, 0.2) is 11.6 Å². The number of carbonyl (C=O) groups excluding carboxylic acids is 1. The molecule has 0 unspecified atom stereocenters. The van der Waals surface area contributed by atoms with Crippen molar-refractivity contribution in [1.29, 1.82) is 0 Å². The summed E-state index contributed by atoms with van der Waals surface area (Å²) in [5.41, 5.74) is 1.54. The fourth-order valence-electron chi connectivity index (χ4n) is 2.56. The zero-order chi connectivity index (χ0) is 17.3. The summed E-state index contributed by atoms with van der Waals surface area (Å²) in [6.07, 6.45) is 0.106. The number of carbonyl (C=O) groups is 1. The lowest BCUT2D eigenvalue weighted by Gasteiger charge is -2.25. The van der Waals surface area contributed by atoms with Gasteiger partial charge in [-0.25, -0.2) is 13.6 Å². The molecule has 7 heteroatoms. The van der Waals surface area contributed by atoms with E-state index in [-0.39, 0.29) is 12.5 Å². The van der Waals surface area contributed by atoms with E-state index < -0.39 is 17.7 Å². The van der Waals surface area contributed by atoms with E-state index in [9.17, 15) is 13.6 Å². The normalized spacial score (nSPS) is 14.0. The highest BCUT2D eigenvalue weighted by molar-refractivity contribution is 5.70. The second-order valence-corrected chi connectivity index (χ2v) is 6.20. The largest absolute Gasteiger partial charge is 0.449 e. The van der Waals surface area contributed by atoms with Gasteiger partial charge in [-0.15, -0.1) is 0 Å². The molecular weight excluding hydrogens is 318 g/mol. The maximum absolute atomic E-state index is 13.5. The number of nitrogens with zero attached hydrogens (tertiary/aromatic N) is 2. The maximum Gasteiger partial charge on any atom is 0.410 e. The number of amides is 1. The van der Waals surface area contributed by atoms with E-state index in [1.54, 1.807) is 4.90 Å². The fraction of sp³-hybridized carbons (Fsp3) is 0.412. The maximum atomic E-state index is 13.5. The molecule has 0 fully saturated rings. The topological polar surface area (TPSA) is 55.6 Å². The number of halogens is 2. The lowest BCUT2D eigenvalue weighted by molar-refractivity contribution is 0.0867. The monoisotopic (exact) mass is 336 g/mol. The van der Waals surface area contributed by atoms with Crippen LogP contribution in [0.3, 0.4) is 0 Å². The predicted octanol–water partition coefficient (Wildman–Crippen LogP) is 3.77. The van der Waals surface area contributed by atoms with Crippen LogP contribution in [0.2, 0.25) is 0 Å². The van der Waals surface area contributed by atoms with Crippen molar-refractivity contribution in [2.45, 2.75) is 26.8 Å². The van der Waals surface area contributed by atoms with Gasteiger partial charge in [-0.05, 0) is 24.1 Å². The zero-order valence-electron chi connectivity index (χ0n) is 13.5. The van der Waals surface area contributed by atoms with Gasteiger partial charge in [0.1, 0.15) is 11.5 Å². The highest BCUT2D eigenvalue weighted by atomic mass is 19.2. The van der Waals surface area contributed by atoms with Crippen molar-refractivity contribution in [2.75, 3.05) is 13.2 Å². The summed E-state index contributed by atoms with van der Waals surface area (Å²) in [5.74, 6) is -0.964. The molecule has 0 N–H and O–H groups in total. The second-order valence-electron chi connectivity index (χ2n) is 6.20. The number of ether oxygens (including phenoxy) is 1. The smallest absolute Gasteiger partial charge is 0.410 e. The average molecular weight is 336 g/mol. The average Bonchev–Trinajstić information content (AvgIpc) is 2.98.